The first kappa shape index (κ1) is 14.9. The highest BCUT2D eigenvalue weighted by atomic mass is 35.5. The van der Waals surface area contributed by atoms with E-state index in [2.05, 4.69) is 6.92 Å². The van der Waals surface area contributed by atoms with Gasteiger partial charge in [0.25, 0.3) is 0 Å². The van der Waals surface area contributed by atoms with Gasteiger partial charge in [0.15, 0.2) is 0 Å². The SMILES string of the molecule is CCSCCOc1ccc(Cl)cc1/C=C/C(=O)O. The zero-order valence-corrected chi connectivity index (χ0v) is 11.6. The third-order valence-electron chi connectivity index (χ3n) is 2.07. The van der Waals surface area contributed by atoms with Crippen molar-refractivity contribution in [1.82, 2.24) is 0 Å². The van der Waals surface area contributed by atoms with Crippen molar-refractivity contribution >= 4 is 35.4 Å². The first-order valence-corrected chi connectivity index (χ1v) is 7.08. The Labute approximate surface area is 116 Å². The van der Waals surface area contributed by atoms with Gasteiger partial charge >= 0.3 is 5.97 Å². The van der Waals surface area contributed by atoms with Crippen LogP contribution in [0.1, 0.15) is 12.5 Å². The Balaban J connectivity index is 2.73. The monoisotopic (exact) mass is 286 g/mol. The number of hydrogen-bond acceptors (Lipinski definition) is 3. The van der Waals surface area contributed by atoms with E-state index in [-0.39, 0.29) is 0 Å². The van der Waals surface area contributed by atoms with Gasteiger partial charge in [-0.15, -0.1) is 0 Å². The number of rotatable bonds is 7. The van der Waals surface area contributed by atoms with E-state index in [1.807, 2.05) is 0 Å². The minimum Gasteiger partial charge on any atom is -0.492 e. The van der Waals surface area contributed by atoms with E-state index in [1.165, 1.54) is 6.08 Å². The maximum atomic E-state index is 10.5. The van der Waals surface area contributed by atoms with Gasteiger partial charge in [-0.25, -0.2) is 4.79 Å². The van der Waals surface area contributed by atoms with Gasteiger partial charge in [-0.3, -0.25) is 0 Å². The van der Waals surface area contributed by atoms with Crippen LogP contribution >= 0.6 is 23.4 Å². The molecule has 0 bridgehead atoms. The molecule has 0 saturated carbocycles. The number of thioether (sulfide) groups is 1. The maximum Gasteiger partial charge on any atom is 0.328 e. The quantitative estimate of drug-likeness (QED) is 0.615. The zero-order chi connectivity index (χ0) is 13.4. The normalized spacial score (nSPS) is 10.8. The summed E-state index contributed by atoms with van der Waals surface area (Å²) in [5, 5.41) is 9.17. The van der Waals surface area contributed by atoms with Crippen LogP contribution in [0.4, 0.5) is 0 Å². The van der Waals surface area contributed by atoms with E-state index in [1.54, 1.807) is 30.0 Å². The molecular weight excluding hydrogens is 272 g/mol. The molecule has 98 valence electrons. The zero-order valence-electron chi connectivity index (χ0n) is 10.1. The predicted octanol–water partition coefficient (Wildman–Crippen LogP) is 3.57. The first-order valence-electron chi connectivity index (χ1n) is 5.54. The molecule has 18 heavy (non-hydrogen) atoms. The number of carboxylic acid groups (broad SMARTS) is 1. The molecule has 0 unspecified atom stereocenters. The Morgan fingerprint density at radius 1 is 1.56 bits per heavy atom. The summed E-state index contributed by atoms with van der Waals surface area (Å²) in [6.07, 6.45) is 2.55. The van der Waals surface area contributed by atoms with Crippen LogP contribution in [0.2, 0.25) is 5.02 Å². The summed E-state index contributed by atoms with van der Waals surface area (Å²) in [6, 6.07) is 5.16. The third-order valence-corrected chi connectivity index (χ3v) is 3.17. The number of benzene rings is 1. The Morgan fingerprint density at radius 2 is 2.33 bits per heavy atom. The van der Waals surface area contributed by atoms with E-state index >= 15 is 0 Å². The van der Waals surface area contributed by atoms with Gasteiger partial charge in [0.1, 0.15) is 5.75 Å². The van der Waals surface area contributed by atoms with Crippen LogP contribution in [0.3, 0.4) is 0 Å². The summed E-state index contributed by atoms with van der Waals surface area (Å²) in [5.41, 5.74) is 0.673. The number of ether oxygens (including phenoxy) is 1. The molecule has 3 nitrogen and oxygen atoms in total. The van der Waals surface area contributed by atoms with E-state index in [0.717, 1.165) is 17.6 Å². The second-order valence-electron chi connectivity index (χ2n) is 3.40. The lowest BCUT2D eigenvalue weighted by Crippen LogP contribution is -2.01. The molecule has 1 aromatic rings. The highest BCUT2D eigenvalue weighted by Gasteiger charge is 2.02. The average Bonchev–Trinajstić information content (AvgIpc) is 2.34. The van der Waals surface area contributed by atoms with Crippen molar-refractivity contribution in [2.24, 2.45) is 0 Å². The van der Waals surface area contributed by atoms with E-state index in [0.29, 0.717) is 22.9 Å². The second kappa shape index (κ2) is 8.06. The van der Waals surface area contributed by atoms with Crippen molar-refractivity contribution < 1.29 is 14.6 Å². The van der Waals surface area contributed by atoms with Gasteiger partial charge in [-0.1, -0.05) is 18.5 Å². The van der Waals surface area contributed by atoms with Gasteiger partial charge in [-0.05, 0) is 30.0 Å². The molecule has 1 aromatic carbocycles. The average molecular weight is 287 g/mol. The summed E-state index contributed by atoms with van der Waals surface area (Å²) in [5.74, 6) is 1.60. The Morgan fingerprint density at radius 3 is 3.00 bits per heavy atom. The summed E-state index contributed by atoms with van der Waals surface area (Å²) in [7, 11) is 0. The van der Waals surface area contributed by atoms with Crippen LogP contribution in [0.5, 0.6) is 5.75 Å². The summed E-state index contributed by atoms with van der Waals surface area (Å²) >= 11 is 7.67. The van der Waals surface area contributed by atoms with Crippen LogP contribution in [-0.2, 0) is 4.79 Å². The van der Waals surface area contributed by atoms with Gasteiger partial charge < -0.3 is 9.84 Å². The summed E-state index contributed by atoms with van der Waals surface area (Å²) < 4.78 is 5.60. The molecular formula is C13H15ClO3S. The molecule has 0 aliphatic carbocycles. The minimum absolute atomic E-state index is 0.551. The number of hydrogen-bond donors (Lipinski definition) is 1. The van der Waals surface area contributed by atoms with Gasteiger partial charge in [-0.2, -0.15) is 11.8 Å². The Kier molecular flexibility index (Phi) is 6.68. The molecule has 0 aromatic heterocycles. The molecule has 0 saturated heterocycles. The van der Waals surface area contributed by atoms with Crippen LogP contribution < -0.4 is 4.74 Å². The van der Waals surface area contributed by atoms with E-state index in [4.69, 9.17) is 21.4 Å². The molecule has 0 aliphatic rings. The molecule has 5 heteroatoms. The molecule has 0 fully saturated rings. The maximum absolute atomic E-state index is 10.5. The lowest BCUT2D eigenvalue weighted by molar-refractivity contribution is -0.131. The van der Waals surface area contributed by atoms with Crippen molar-refractivity contribution in [1.29, 1.82) is 0 Å². The molecule has 0 aliphatic heterocycles. The van der Waals surface area contributed by atoms with E-state index in [9.17, 15) is 4.79 Å². The largest absolute Gasteiger partial charge is 0.492 e. The predicted molar refractivity (Wildman–Crippen MR) is 76.6 cm³/mol. The smallest absolute Gasteiger partial charge is 0.328 e. The van der Waals surface area contributed by atoms with Crippen LogP contribution in [0.25, 0.3) is 6.08 Å². The minimum atomic E-state index is -0.998. The van der Waals surface area contributed by atoms with E-state index < -0.39 is 5.97 Å². The Hall–Kier alpha value is -1.13. The second-order valence-corrected chi connectivity index (χ2v) is 5.23. The van der Waals surface area contributed by atoms with Gasteiger partial charge in [0, 0.05) is 22.4 Å². The first-order chi connectivity index (χ1) is 8.63. The molecule has 0 radical (unpaired) electrons. The van der Waals surface area contributed by atoms with Gasteiger partial charge in [0.05, 0.1) is 6.61 Å². The number of carbonyl (C=O) groups is 1. The fraction of sp³-hybridized carbons (Fsp3) is 0.308. The molecule has 0 atom stereocenters. The number of halogens is 1. The standard InChI is InChI=1S/C13H15ClO3S/c1-2-18-8-7-17-12-5-4-11(14)9-10(12)3-6-13(15)16/h3-6,9H,2,7-8H2,1H3,(H,15,16)/b6-3+. The summed E-state index contributed by atoms with van der Waals surface area (Å²) in [4.78, 5) is 10.5. The molecule has 0 spiro atoms. The molecule has 1 rings (SSSR count). The fourth-order valence-electron chi connectivity index (χ4n) is 1.30. The lowest BCUT2D eigenvalue weighted by Gasteiger charge is -2.09. The Bertz CT molecular complexity index is 432. The third kappa shape index (κ3) is 5.47. The van der Waals surface area contributed by atoms with Crippen LogP contribution in [0, 0.1) is 0 Å². The van der Waals surface area contributed by atoms with Crippen LogP contribution in [-0.4, -0.2) is 29.2 Å². The fourth-order valence-corrected chi connectivity index (χ4v) is 1.97. The lowest BCUT2D eigenvalue weighted by atomic mass is 10.2. The van der Waals surface area contributed by atoms with Crippen molar-refractivity contribution in [2.45, 2.75) is 6.92 Å². The van der Waals surface area contributed by atoms with Gasteiger partial charge in [0.2, 0.25) is 0 Å². The molecule has 1 N–H and O–H groups in total. The van der Waals surface area contributed by atoms with Crippen LogP contribution in [0.15, 0.2) is 24.3 Å². The van der Waals surface area contributed by atoms with Crippen molar-refractivity contribution in [3.63, 3.8) is 0 Å². The number of aliphatic carboxylic acids is 1. The highest BCUT2D eigenvalue weighted by molar-refractivity contribution is 7.99. The number of carboxylic acids is 1. The molecule has 0 heterocycles. The van der Waals surface area contributed by atoms with Crippen molar-refractivity contribution in [2.75, 3.05) is 18.1 Å². The van der Waals surface area contributed by atoms with Crippen molar-refractivity contribution in [3.8, 4) is 5.75 Å². The van der Waals surface area contributed by atoms with Crippen molar-refractivity contribution in [3.05, 3.63) is 34.9 Å². The molecule has 0 amide bonds. The highest BCUT2D eigenvalue weighted by Crippen LogP contribution is 2.24. The topological polar surface area (TPSA) is 46.5 Å². The summed E-state index contributed by atoms with van der Waals surface area (Å²) in [6.45, 7) is 2.68.